The summed E-state index contributed by atoms with van der Waals surface area (Å²) in [4.78, 5) is 38.1. The van der Waals surface area contributed by atoms with E-state index in [9.17, 15) is 14.4 Å². The Hall–Kier alpha value is -4.71. The highest BCUT2D eigenvalue weighted by atomic mass is 16.6. The average molecular weight is 1080 g/mol. The fourth-order valence-electron chi connectivity index (χ4n) is 8.39. The second-order valence-corrected chi connectivity index (χ2v) is 20.6. The lowest BCUT2D eigenvalue weighted by Gasteiger charge is -2.18. The highest BCUT2D eigenvalue weighted by Crippen LogP contribution is 2.15. The summed E-state index contributed by atoms with van der Waals surface area (Å²) in [6.07, 6.45) is 93.0. The van der Waals surface area contributed by atoms with Gasteiger partial charge < -0.3 is 14.2 Å². The molecule has 0 N–H and O–H groups in total. The van der Waals surface area contributed by atoms with Crippen molar-refractivity contribution in [3.8, 4) is 0 Å². The molecule has 0 spiro atoms. The van der Waals surface area contributed by atoms with Gasteiger partial charge in [0.25, 0.3) is 0 Å². The van der Waals surface area contributed by atoms with Crippen molar-refractivity contribution in [3.05, 3.63) is 146 Å². The Morgan fingerprint density at radius 2 is 0.500 bits per heavy atom. The molecule has 0 heterocycles. The second kappa shape index (κ2) is 64.8. The molecule has 0 aromatic heterocycles. The second-order valence-electron chi connectivity index (χ2n) is 20.6. The fraction of sp³-hybridized carbons (Fsp3) is 0.625. The van der Waals surface area contributed by atoms with Crippen molar-refractivity contribution in [1.29, 1.82) is 0 Å². The van der Waals surface area contributed by atoms with Gasteiger partial charge >= 0.3 is 17.9 Å². The molecule has 6 heteroatoms. The summed E-state index contributed by atoms with van der Waals surface area (Å²) < 4.78 is 16.8. The van der Waals surface area contributed by atoms with Gasteiger partial charge in [0, 0.05) is 19.3 Å². The Bertz CT molecular complexity index is 1710. The van der Waals surface area contributed by atoms with Crippen molar-refractivity contribution in [3.63, 3.8) is 0 Å². The molecule has 0 aromatic rings. The van der Waals surface area contributed by atoms with E-state index in [-0.39, 0.29) is 37.5 Å². The predicted octanol–water partition coefficient (Wildman–Crippen LogP) is 21.9. The summed E-state index contributed by atoms with van der Waals surface area (Å²) in [7, 11) is 0. The van der Waals surface area contributed by atoms with Gasteiger partial charge in [-0.25, -0.2) is 0 Å². The Balaban J connectivity index is 4.20. The van der Waals surface area contributed by atoms with E-state index in [2.05, 4.69) is 167 Å². The molecule has 78 heavy (non-hydrogen) atoms. The van der Waals surface area contributed by atoms with E-state index in [1.54, 1.807) is 0 Å². The summed E-state index contributed by atoms with van der Waals surface area (Å²) in [6, 6.07) is 0. The SMILES string of the molecule is CC/C=C\C/C=C\C/C=C\C/C=C\C/C=C\C/C=C\C/C=C\CCCCCCCCCCCCCC(=O)OCC(COC(=O)CCCCCCCCCC)OC(=O)CCCCC/C=C\C/C=C\C/C=C\C/C=C\C/C=C\CC. The maximum absolute atomic E-state index is 12.8. The van der Waals surface area contributed by atoms with E-state index in [1.807, 2.05) is 0 Å². The van der Waals surface area contributed by atoms with Crippen molar-refractivity contribution in [2.45, 2.75) is 277 Å². The average Bonchev–Trinajstić information content (AvgIpc) is 3.44. The van der Waals surface area contributed by atoms with Crippen LogP contribution in [0.5, 0.6) is 0 Å². The third-order valence-electron chi connectivity index (χ3n) is 13.1. The summed E-state index contributed by atoms with van der Waals surface area (Å²) in [6.45, 7) is 6.35. The van der Waals surface area contributed by atoms with Crippen LogP contribution in [-0.2, 0) is 28.6 Å². The molecule has 0 aliphatic rings. The zero-order chi connectivity index (χ0) is 56.4. The van der Waals surface area contributed by atoms with Gasteiger partial charge in [-0.3, -0.25) is 14.4 Å². The van der Waals surface area contributed by atoms with Crippen LogP contribution >= 0.6 is 0 Å². The first-order valence-electron chi connectivity index (χ1n) is 31.8. The van der Waals surface area contributed by atoms with Crippen LogP contribution in [-0.4, -0.2) is 37.2 Å². The molecule has 0 aliphatic carbocycles. The fourth-order valence-corrected chi connectivity index (χ4v) is 8.39. The van der Waals surface area contributed by atoms with Gasteiger partial charge in [-0.05, 0) is 122 Å². The molecular formula is C72H116O6. The molecule has 0 fully saturated rings. The molecule has 1 atom stereocenters. The highest BCUT2D eigenvalue weighted by molar-refractivity contribution is 5.71. The van der Waals surface area contributed by atoms with Gasteiger partial charge in [0.2, 0.25) is 0 Å². The van der Waals surface area contributed by atoms with Crippen LogP contribution in [0.1, 0.15) is 271 Å². The van der Waals surface area contributed by atoms with Crippen molar-refractivity contribution in [2.24, 2.45) is 0 Å². The van der Waals surface area contributed by atoms with E-state index < -0.39 is 6.10 Å². The Morgan fingerprint density at radius 3 is 0.795 bits per heavy atom. The summed E-state index contributed by atoms with van der Waals surface area (Å²) in [5, 5.41) is 0. The summed E-state index contributed by atoms with van der Waals surface area (Å²) >= 11 is 0. The number of hydrogen-bond acceptors (Lipinski definition) is 6. The topological polar surface area (TPSA) is 78.9 Å². The molecule has 440 valence electrons. The molecule has 0 saturated carbocycles. The molecule has 1 unspecified atom stereocenters. The first kappa shape index (κ1) is 73.3. The molecule has 0 bridgehead atoms. The number of allylic oxidation sites excluding steroid dienone is 24. The van der Waals surface area contributed by atoms with Gasteiger partial charge in [0.15, 0.2) is 6.10 Å². The Labute approximate surface area is 480 Å². The number of carbonyl (C=O) groups is 3. The molecule has 0 rings (SSSR count). The van der Waals surface area contributed by atoms with Gasteiger partial charge in [-0.15, -0.1) is 0 Å². The Kier molecular flexibility index (Phi) is 60.9. The van der Waals surface area contributed by atoms with E-state index >= 15 is 0 Å². The minimum absolute atomic E-state index is 0.0946. The third-order valence-corrected chi connectivity index (χ3v) is 13.1. The molecule has 0 radical (unpaired) electrons. The summed E-state index contributed by atoms with van der Waals surface area (Å²) in [5.41, 5.74) is 0. The number of esters is 3. The van der Waals surface area contributed by atoms with Crippen LogP contribution < -0.4 is 0 Å². The number of unbranched alkanes of at least 4 members (excludes halogenated alkanes) is 21. The van der Waals surface area contributed by atoms with E-state index in [0.29, 0.717) is 12.8 Å². The monoisotopic (exact) mass is 1080 g/mol. The number of hydrogen-bond donors (Lipinski definition) is 0. The molecule has 0 amide bonds. The molecule has 6 nitrogen and oxygen atoms in total. The van der Waals surface area contributed by atoms with Crippen LogP contribution in [0, 0.1) is 0 Å². The van der Waals surface area contributed by atoms with Crippen molar-refractivity contribution >= 4 is 17.9 Å². The smallest absolute Gasteiger partial charge is 0.306 e. The van der Waals surface area contributed by atoms with E-state index in [0.717, 1.165) is 141 Å². The lowest BCUT2D eigenvalue weighted by molar-refractivity contribution is -0.167. The Morgan fingerprint density at radius 1 is 0.269 bits per heavy atom. The van der Waals surface area contributed by atoms with Crippen LogP contribution in [0.15, 0.2) is 146 Å². The molecule has 0 aliphatic heterocycles. The number of carbonyl (C=O) groups excluding carboxylic acids is 3. The van der Waals surface area contributed by atoms with E-state index in [1.165, 1.54) is 89.9 Å². The maximum atomic E-state index is 12.8. The van der Waals surface area contributed by atoms with Crippen LogP contribution in [0.2, 0.25) is 0 Å². The van der Waals surface area contributed by atoms with E-state index in [4.69, 9.17) is 14.2 Å². The van der Waals surface area contributed by atoms with Gasteiger partial charge in [-0.1, -0.05) is 276 Å². The predicted molar refractivity (Wildman–Crippen MR) is 339 cm³/mol. The minimum Gasteiger partial charge on any atom is -0.462 e. The van der Waals surface area contributed by atoms with Gasteiger partial charge in [0.1, 0.15) is 13.2 Å². The maximum Gasteiger partial charge on any atom is 0.306 e. The molecular weight excluding hydrogens is 961 g/mol. The normalized spacial score (nSPS) is 13.1. The first-order chi connectivity index (χ1) is 38.5. The standard InChI is InChI=1S/C72H116O6/c1-4-7-10-13-16-19-21-23-25-27-29-30-31-32-33-34-35-36-37-38-39-40-41-42-44-45-47-49-51-53-56-59-62-65-71(74)77-68-69(67-76-70(73)64-61-58-55-18-15-12-9-6-3)78-72(75)66-63-60-57-54-52-50-48-46-43-28-26-24-22-20-17-14-11-8-5-2/h7-8,10-11,16-17,19-20,23-26,29-30,32-33,35-36,38-39,43,46,50,52,69H,4-6,9,12-15,18,21-22,27-28,31,34,37,40-42,44-45,47-49,51,53-68H2,1-3H3/b10-7-,11-8-,19-16-,20-17-,25-23-,26-24-,30-29-,33-32-,36-35-,39-38-,46-43-,52-50-. The van der Waals surface area contributed by atoms with Crippen LogP contribution in [0.25, 0.3) is 0 Å². The first-order valence-corrected chi connectivity index (χ1v) is 31.8. The lowest BCUT2D eigenvalue weighted by atomic mass is 10.0. The van der Waals surface area contributed by atoms with Crippen LogP contribution in [0.3, 0.4) is 0 Å². The third kappa shape index (κ3) is 62.1. The zero-order valence-electron chi connectivity index (χ0n) is 50.4. The van der Waals surface area contributed by atoms with Gasteiger partial charge in [0.05, 0.1) is 0 Å². The zero-order valence-corrected chi connectivity index (χ0v) is 50.4. The lowest BCUT2D eigenvalue weighted by Crippen LogP contribution is -2.30. The highest BCUT2D eigenvalue weighted by Gasteiger charge is 2.19. The van der Waals surface area contributed by atoms with Crippen molar-refractivity contribution in [2.75, 3.05) is 13.2 Å². The largest absolute Gasteiger partial charge is 0.462 e. The van der Waals surface area contributed by atoms with Crippen molar-refractivity contribution in [1.82, 2.24) is 0 Å². The minimum atomic E-state index is -0.799. The molecule has 0 aromatic carbocycles. The quantitative estimate of drug-likeness (QED) is 0.0261. The molecule has 0 saturated heterocycles. The van der Waals surface area contributed by atoms with Gasteiger partial charge in [-0.2, -0.15) is 0 Å². The number of ether oxygens (including phenoxy) is 3. The van der Waals surface area contributed by atoms with Crippen LogP contribution in [0.4, 0.5) is 0 Å². The summed E-state index contributed by atoms with van der Waals surface area (Å²) in [5.74, 6) is -0.936. The number of rotatable bonds is 56. The van der Waals surface area contributed by atoms with Crippen molar-refractivity contribution < 1.29 is 28.6 Å².